The van der Waals surface area contributed by atoms with Crippen molar-refractivity contribution in [3.05, 3.63) is 33.3 Å². The largest absolute Gasteiger partial charge is 0.481 e. The van der Waals surface area contributed by atoms with Crippen molar-refractivity contribution >= 4 is 33.3 Å². The summed E-state index contributed by atoms with van der Waals surface area (Å²) in [6.07, 6.45) is 0.177. The van der Waals surface area contributed by atoms with E-state index in [1.165, 1.54) is 6.07 Å². The van der Waals surface area contributed by atoms with Crippen LogP contribution in [0.15, 0.2) is 23.1 Å². The molecule has 1 unspecified atom stereocenters. The van der Waals surface area contributed by atoms with Gasteiger partial charge in [0, 0.05) is 24.2 Å². The predicted molar refractivity (Wildman–Crippen MR) is 72.6 cm³/mol. The van der Waals surface area contributed by atoms with Crippen LogP contribution in [0.3, 0.4) is 0 Å². The van der Waals surface area contributed by atoms with Gasteiger partial charge < -0.3 is 5.11 Å². The Hall–Kier alpha value is -1.71. The molecular formula is C11H11ClN2O6S. The zero-order chi connectivity index (χ0) is 15.8. The Bertz CT molecular complexity index is 705. The van der Waals surface area contributed by atoms with Gasteiger partial charge in [0.1, 0.15) is 0 Å². The Labute approximate surface area is 125 Å². The van der Waals surface area contributed by atoms with E-state index in [4.69, 9.17) is 16.7 Å². The Kier molecular flexibility index (Phi) is 4.17. The number of carboxylic acid groups (broad SMARTS) is 1. The van der Waals surface area contributed by atoms with E-state index in [1.54, 1.807) is 0 Å². The van der Waals surface area contributed by atoms with Crippen molar-refractivity contribution in [1.82, 2.24) is 4.31 Å². The van der Waals surface area contributed by atoms with Gasteiger partial charge in [0.2, 0.25) is 10.0 Å². The summed E-state index contributed by atoms with van der Waals surface area (Å²) in [6, 6.07) is 3.26. The van der Waals surface area contributed by atoms with Crippen LogP contribution in [-0.2, 0) is 14.8 Å². The molecule has 2 rings (SSSR count). The smallest absolute Gasteiger partial charge is 0.307 e. The Morgan fingerprint density at radius 3 is 2.67 bits per heavy atom. The Morgan fingerprint density at radius 2 is 2.14 bits per heavy atom. The normalized spacial score (nSPS) is 19.6. The maximum Gasteiger partial charge on any atom is 0.307 e. The topological polar surface area (TPSA) is 118 Å². The number of carboxylic acids is 1. The zero-order valence-corrected chi connectivity index (χ0v) is 12.2. The van der Waals surface area contributed by atoms with Crippen LogP contribution in [0, 0.1) is 16.0 Å². The van der Waals surface area contributed by atoms with E-state index in [9.17, 15) is 23.3 Å². The fourth-order valence-electron chi connectivity index (χ4n) is 2.14. The summed E-state index contributed by atoms with van der Waals surface area (Å²) >= 11 is 5.64. The van der Waals surface area contributed by atoms with E-state index in [2.05, 4.69) is 0 Å². The first-order valence-electron chi connectivity index (χ1n) is 5.90. The van der Waals surface area contributed by atoms with Crippen molar-refractivity contribution in [2.45, 2.75) is 11.3 Å². The molecule has 0 saturated carbocycles. The van der Waals surface area contributed by atoms with Crippen molar-refractivity contribution < 1.29 is 23.2 Å². The van der Waals surface area contributed by atoms with E-state index in [1.807, 2.05) is 0 Å². The molecule has 1 N–H and O–H groups in total. The van der Waals surface area contributed by atoms with E-state index >= 15 is 0 Å². The summed E-state index contributed by atoms with van der Waals surface area (Å²) in [5.41, 5.74) is -0.624. The molecule has 0 radical (unpaired) electrons. The highest BCUT2D eigenvalue weighted by molar-refractivity contribution is 7.89. The lowest BCUT2D eigenvalue weighted by Gasteiger charge is -2.16. The number of aliphatic carboxylic acids is 1. The van der Waals surface area contributed by atoms with Gasteiger partial charge in [-0.3, -0.25) is 14.9 Å². The van der Waals surface area contributed by atoms with E-state index in [0.29, 0.717) is 0 Å². The number of rotatable bonds is 4. The number of carbonyl (C=O) groups is 1. The number of hydrogen-bond donors (Lipinski definition) is 1. The number of halogens is 1. The van der Waals surface area contributed by atoms with Crippen LogP contribution < -0.4 is 0 Å². The molecule has 1 heterocycles. The van der Waals surface area contributed by atoms with Crippen LogP contribution >= 0.6 is 11.6 Å². The molecule has 1 saturated heterocycles. The third-order valence-corrected chi connectivity index (χ3v) is 5.38. The molecule has 1 aromatic carbocycles. The standard InChI is InChI=1S/C11H11ClN2O6S/c12-8-1-2-10(9(5-8)14(17)18)21(19,20)13-4-3-7(6-13)11(15)16/h1-2,5,7H,3-4,6H2,(H,15,16). The molecule has 1 atom stereocenters. The highest BCUT2D eigenvalue weighted by Crippen LogP contribution is 2.32. The van der Waals surface area contributed by atoms with Gasteiger partial charge in [0.05, 0.1) is 10.8 Å². The van der Waals surface area contributed by atoms with Gasteiger partial charge in [-0.1, -0.05) is 11.6 Å². The number of nitro groups is 1. The molecule has 1 fully saturated rings. The number of nitrogens with zero attached hydrogens (tertiary/aromatic N) is 2. The molecule has 1 aliphatic heterocycles. The summed E-state index contributed by atoms with van der Waals surface area (Å²) in [6.45, 7) is -0.184. The van der Waals surface area contributed by atoms with E-state index < -0.39 is 37.4 Å². The van der Waals surface area contributed by atoms with Gasteiger partial charge in [0.25, 0.3) is 5.69 Å². The maximum atomic E-state index is 12.4. The minimum Gasteiger partial charge on any atom is -0.481 e. The van der Waals surface area contributed by atoms with E-state index in [0.717, 1.165) is 16.4 Å². The maximum absolute atomic E-state index is 12.4. The third kappa shape index (κ3) is 2.99. The fourth-order valence-corrected chi connectivity index (χ4v) is 3.94. The minimum atomic E-state index is -4.13. The van der Waals surface area contributed by atoms with Gasteiger partial charge in [-0.15, -0.1) is 0 Å². The van der Waals surface area contributed by atoms with Gasteiger partial charge in [-0.05, 0) is 18.6 Å². The van der Waals surface area contributed by atoms with Gasteiger partial charge in [0.15, 0.2) is 4.90 Å². The van der Waals surface area contributed by atoms with Crippen LogP contribution in [0.1, 0.15) is 6.42 Å². The summed E-state index contributed by atoms with van der Waals surface area (Å²) < 4.78 is 25.8. The highest BCUT2D eigenvalue weighted by Gasteiger charge is 2.38. The average molecular weight is 335 g/mol. The van der Waals surface area contributed by atoms with Crippen LogP contribution in [-0.4, -0.2) is 41.8 Å². The monoisotopic (exact) mass is 334 g/mol. The van der Waals surface area contributed by atoms with Crippen LogP contribution in [0.5, 0.6) is 0 Å². The molecule has 21 heavy (non-hydrogen) atoms. The first-order valence-corrected chi connectivity index (χ1v) is 7.72. The lowest BCUT2D eigenvalue weighted by Crippen LogP contribution is -2.30. The summed E-state index contributed by atoms with van der Waals surface area (Å²) in [7, 11) is -4.13. The van der Waals surface area contributed by atoms with Gasteiger partial charge >= 0.3 is 5.97 Å². The molecule has 114 valence electrons. The molecule has 0 aliphatic carbocycles. The number of nitro benzene ring substituents is 1. The SMILES string of the molecule is O=C(O)C1CCN(S(=O)(=O)c2ccc(Cl)cc2[N+](=O)[O-])C1. The molecule has 1 aromatic rings. The molecule has 1 aliphatic rings. The minimum absolute atomic E-state index is 0.0130. The second-order valence-electron chi connectivity index (χ2n) is 4.56. The van der Waals surface area contributed by atoms with Crippen molar-refractivity contribution in [1.29, 1.82) is 0 Å². The average Bonchev–Trinajstić information content (AvgIpc) is 2.88. The summed E-state index contributed by atoms with van der Waals surface area (Å²) in [5, 5.41) is 19.9. The van der Waals surface area contributed by atoms with Gasteiger partial charge in [-0.2, -0.15) is 4.31 Å². The molecular weight excluding hydrogens is 324 g/mol. The van der Waals surface area contributed by atoms with Crippen molar-refractivity contribution in [2.75, 3.05) is 13.1 Å². The molecule has 0 bridgehead atoms. The summed E-state index contributed by atoms with van der Waals surface area (Å²) in [4.78, 5) is 20.5. The second-order valence-corrected chi connectivity index (χ2v) is 6.90. The van der Waals surface area contributed by atoms with Gasteiger partial charge in [-0.25, -0.2) is 8.42 Å². The number of benzene rings is 1. The summed E-state index contributed by atoms with van der Waals surface area (Å²) in [5.74, 6) is -1.88. The second kappa shape index (κ2) is 5.58. The van der Waals surface area contributed by atoms with Crippen molar-refractivity contribution in [2.24, 2.45) is 5.92 Å². The first-order chi connectivity index (χ1) is 9.73. The molecule has 0 spiro atoms. The van der Waals surface area contributed by atoms with E-state index in [-0.39, 0.29) is 24.5 Å². The highest BCUT2D eigenvalue weighted by atomic mass is 35.5. The lowest BCUT2D eigenvalue weighted by atomic mass is 10.1. The number of sulfonamides is 1. The lowest BCUT2D eigenvalue weighted by molar-refractivity contribution is -0.387. The molecule has 0 aromatic heterocycles. The fraction of sp³-hybridized carbons (Fsp3) is 0.364. The Balaban J connectivity index is 2.42. The quantitative estimate of drug-likeness (QED) is 0.655. The molecule has 0 amide bonds. The molecule has 8 nitrogen and oxygen atoms in total. The first kappa shape index (κ1) is 15.7. The third-order valence-electron chi connectivity index (χ3n) is 3.24. The Morgan fingerprint density at radius 1 is 1.48 bits per heavy atom. The van der Waals surface area contributed by atoms with Crippen LogP contribution in [0.25, 0.3) is 0 Å². The zero-order valence-electron chi connectivity index (χ0n) is 10.6. The van der Waals surface area contributed by atoms with Crippen LogP contribution in [0.2, 0.25) is 5.02 Å². The van der Waals surface area contributed by atoms with Crippen molar-refractivity contribution in [3.8, 4) is 0 Å². The van der Waals surface area contributed by atoms with Crippen LogP contribution in [0.4, 0.5) is 5.69 Å². The van der Waals surface area contributed by atoms with Crippen molar-refractivity contribution in [3.63, 3.8) is 0 Å². The predicted octanol–water partition coefficient (Wildman–Crippen LogP) is 1.34. The number of hydrogen-bond acceptors (Lipinski definition) is 5. The molecule has 10 heteroatoms.